The van der Waals surface area contributed by atoms with E-state index >= 15 is 4.39 Å². The molecule has 2 atom stereocenters. The molecule has 1 heterocycles. The lowest BCUT2D eigenvalue weighted by Crippen LogP contribution is -2.28. The molecule has 0 saturated carbocycles. The largest absolute Gasteiger partial charge is 0.492 e. The summed E-state index contributed by atoms with van der Waals surface area (Å²) in [6.45, 7) is 3.60. The Balaban J connectivity index is 1.34. The van der Waals surface area contributed by atoms with E-state index in [0.29, 0.717) is 59.1 Å². The molecule has 0 saturated heterocycles. The highest BCUT2D eigenvalue weighted by molar-refractivity contribution is 5.71. The second kappa shape index (κ2) is 11.1. The van der Waals surface area contributed by atoms with Gasteiger partial charge in [-0.05, 0) is 57.0 Å². The number of esters is 1. The lowest BCUT2D eigenvalue weighted by Gasteiger charge is -2.19. The normalized spacial score (nSPS) is 17.3. The van der Waals surface area contributed by atoms with Crippen molar-refractivity contribution in [2.75, 3.05) is 20.3 Å². The highest BCUT2D eigenvalue weighted by atomic mass is 19.1. The maximum absolute atomic E-state index is 15.1. The number of rotatable bonds is 9. The summed E-state index contributed by atoms with van der Waals surface area (Å²) in [6, 6.07) is 15.3. The molecule has 40 heavy (non-hydrogen) atoms. The summed E-state index contributed by atoms with van der Waals surface area (Å²) in [5, 5.41) is 19.4. The number of carbonyl (C=O) groups is 1. The number of hydrogen-bond acceptors (Lipinski definition) is 8. The standard InChI is InChI=1S/C31H30FNO7/c1-31(2,35)17-38-27-13-20(5-4-18(27)15-33)39-25-11-9-24(32)30-23(25)8-10-26(30)40-21-6-7-22-19(12-29(34)36-3)16-37-28(22)14-21/h4-7,9,11,13-14,19,26,35H,8,10,12,16-17H2,1-3H3/t19-,26-/m1/s1. The zero-order valence-corrected chi connectivity index (χ0v) is 22.5. The van der Waals surface area contributed by atoms with E-state index in [1.54, 1.807) is 50.2 Å². The predicted molar refractivity (Wildman–Crippen MR) is 142 cm³/mol. The Morgan fingerprint density at radius 3 is 2.70 bits per heavy atom. The van der Waals surface area contributed by atoms with Crippen molar-refractivity contribution in [1.82, 2.24) is 0 Å². The molecule has 9 heteroatoms. The van der Waals surface area contributed by atoms with E-state index in [1.165, 1.54) is 13.2 Å². The number of aliphatic hydroxyl groups is 1. The zero-order valence-electron chi connectivity index (χ0n) is 22.5. The van der Waals surface area contributed by atoms with Crippen LogP contribution in [0, 0.1) is 17.1 Å². The van der Waals surface area contributed by atoms with Crippen LogP contribution in [-0.4, -0.2) is 37.0 Å². The SMILES string of the molecule is COC(=O)C[C@@H]1COc2cc(O[C@@H]3CCc4c(Oc5ccc(C#N)c(OCC(C)(C)O)c5)ccc(F)c43)ccc21. The van der Waals surface area contributed by atoms with E-state index < -0.39 is 11.7 Å². The second-order valence-corrected chi connectivity index (χ2v) is 10.5. The number of halogens is 1. The van der Waals surface area contributed by atoms with Crippen LogP contribution >= 0.6 is 0 Å². The topological polar surface area (TPSA) is 107 Å². The van der Waals surface area contributed by atoms with E-state index in [9.17, 15) is 15.2 Å². The average Bonchev–Trinajstić information content (AvgIpc) is 3.53. The molecule has 208 valence electrons. The van der Waals surface area contributed by atoms with Gasteiger partial charge >= 0.3 is 5.97 Å². The molecule has 0 bridgehead atoms. The zero-order chi connectivity index (χ0) is 28.4. The molecule has 8 nitrogen and oxygen atoms in total. The Morgan fingerprint density at radius 2 is 1.95 bits per heavy atom. The number of hydrogen-bond donors (Lipinski definition) is 1. The first kappa shape index (κ1) is 27.3. The summed E-state index contributed by atoms with van der Waals surface area (Å²) in [5.41, 5.74) is 1.30. The van der Waals surface area contributed by atoms with Gasteiger partial charge in [0.15, 0.2) is 0 Å². The maximum Gasteiger partial charge on any atom is 0.306 e. The lowest BCUT2D eigenvalue weighted by molar-refractivity contribution is -0.141. The molecular weight excluding hydrogens is 517 g/mol. The quantitative estimate of drug-likeness (QED) is 0.338. The van der Waals surface area contributed by atoms with Crippen LogP contribution in [0.5, 0.6) is 28.7 Å². The summed E-state index contributed by atoms with van der Waals surface area (Å²) in [4.78, 5) is 11.7. The highest BCUT2D eigenvalue weighted by Crippen LogP contribution is 2.44. The number of nitriles is 1. The first-order chi connectivity index (χ1) is 19.1. The van der Waals surface area contributed by atoms with Crippen molar-refractivity contribution in [2.45, 2.75) is 50.7 Å². The van der Waals surface area contributed by atoms with Crippen LogP contribution in [0.25, 0.3) is 0 Å². The minimum atomic E-state index is -1.08. The summed E-state index contributed by atoms with van der Waals surface area (Å²) in [5.74, 6) is 1.63. The van der Waals surface area contributed by atoms with Crippen LogP contribution in [0.15, 0.2) is 48.5 Å². The third-order valence-electron chi connectivity index (χ3n) is 6.91. The Hall–Kier alpha value is -4.29. The van der Waals surface area contributed by atoms with Crippen molar-refractivity contribution in [1.29, 1.82) is 5.26 Å². The van der Waals surface area contributed by atoms with Crippen molar-refractivity contribution >= 4 is 5.97 Å². The molecule has 1 N–H and O–H groups in total. The van der Waals surface area contributed by atoms with Gasteiger partial charge in [0.05, 0.1) is 31.3 Å². The Morgan fingerprint density at radius 1 is 1.15 bits per heavy atom. The Bertz CT molecular complexity index is 1470. The fraction of sp³-hybridized carbons (Fsp3) is 0.355. The van der Waals surface area contributed by atoms with E-state index in [0.717, 1.165) is 5.56 Å². The van der Waals surface area contributed by atoms with Crippen molar-refractivity contribution < 1.29 is 38.0 Å². The predicted octanol–water partition coefficient (Wildman–Crippen LogP) is 5.74. The van der Waals surface area contributed by atoms with Crippen molar-refractivity contribution in [3.05, 3.63) is 76.6 Å². The number of fused-ring (bicyclic) bond motifs is 2. The van der Waals surface area contributed by atoms with Crippen molar-refractivity contribution in [2.24, 2.45) is 0 Å². The molecule has 3 aromatic carbocycles. The number of nitrogens with zero attached hydrogens (tertiary/aromatic N) is 1. The van der Waals surface area contributed by atoms with Crippen molar-refractivity contribution in [3.63, 3.8) is 0 Å². The van der Waals surface area contributed by atoms with Gasteiger partial charge in [0, 0.05) is 34.7 Å². The number of ether oxygens (including phenoxy) is 5. The number of carbonyl (C=O) groups excluding carboxylic acids is 1. The summed E-state index contributed by atoms with van der Waals surface area (Å²) >= 11 is 0. The van der Waals surface area contributed by atoms with Gasteiger partial charge in [0.2, 0.25) is 0 Å². The monoisotopic (exact) mass is 547 g/mol. The van der Waals surface area contributed by atoms with Crippen molar-refractivity contribution in [3.8, 4) is 34.8 Å². The Kier molecular flexibility index (Phi) is 7.55. The fourth-order valence-electron chi connectivity index (χ4n) is 4.96. The molecule has 2 aliphatic rings. The van der Waals surface area contributed by atoms with Gasteiger partial charge in [0.1, 0.15) is 53.3 Å². The highest BCUT2D eigenvalue weighted by Gasteiger charge is 2.32. The van der Waals surface area contributed by atoms with Crippen LogP contribution in [0.3, 0.4) is 0 Å². The molecule has 1 aliphatic carbocycles. The average molecular weight is 548 g/mol. The van der Waals surface area contributed by atoms with Crippen LogP contribution in [-0.2, 0) is 16.0 Å². The van der Waals surface area contributed by atoms with Crippen LogP contribution < -0.4 is 18.9 Å². The van der Waals surface area contributed by atoms with E-state index in [-0.39, 0.29) is 36.5 Å². The molecule has 0 fully saturated rings. The van der Waals surface area contributed by atoms with Gasteiger partial charge in [-0.1, -0.05) is 6.07 Å². The minimum Gasteiger partial charge on any atom is -0.492 e. The first-order valence-electron chi connectivity index (χ1n) is 13.0. The molecular formula is C31H30FNO7. The van der Waals surface area contributed by atoms with Crippen LogP contribution in [0.1, 0.15) is 61.0 Å². The number of methoxy groups -OCH3 is 1. The third-order valence-corrected chi connectivity index (χ3v) is 6.91. The summed E-state index contributed by atoms with van der Waals surface area (Å²) in [7, 11) is 1.36. The maximum atomic E-state index is 15.1. The van der Waals surface area contributed by atoms with Gasteiger partial charge < -0.3 is 28.8 Å². The summed E-state index contributed by atoms with van der Waals surface area (Å²) in [6.07, 6.45) is 0.826. The van der Waals surface area contributed by atoms with Crippen LogP contribution in [0.4, 0.5) is 4.39 Å². The third kappa shape index (κ3) is 5.82. The molecule has 0 radical (unpaired) electrons. The molecule has 0 aromatic heterocycles. The molecule has 1 aliphatic heterocycles. The van der Waals surface area contributed by atoms with Gasteiger partial charge in [-0.15, -0.1) is 0 Å². The molecule has 0 unspecified atom stereocenters. The summed E-state index contributed by atoms with van der Waals surface area (Å²) < 4.78 is 43.6. The smallest absolute Gasteiger partial charge is 0.306 e. The molecule has 3 aromatic rings. The minimum absolute atomic E-state index is 0.00420. The van der Waals surface area contributed by atoms with E-state index in [4.69, 9.17) is 23.7 Å². The number of benzene rings is 3. The van der Waals surface area contributed by atoms with Gasteiger partial charge in [0.25, 0.3) is 0 Å². The van der Waals surface area contributed by atoms with E-state index in [2.05, 4.69) is 6.07 Å². The molecule has 5 rings (SSSR count). The van der Waals surface area contributed by atoms with Gasteiger partial charge in [-0.2, -0.15) is 5.26 Å². The van der Waals surface area contributed by atoms with Gasteiger partial charge in [-0.3, -0.25) is 4.79 Å². The van der Waals surface area contributed by atoms with Crippen LogP contribution in [0.2, 0.25) is 0 Å². The van der Waals surface area contributed by atoms with Gasteiger partial charge in [-0.25, -0.2) is 4.39 Å². The van der Waals surface area contributed by atoms with E-state index in [1.807, 2.05) is 6.07 Å². The second-order valence-electron chi connectivity index (χ2n) is 10.5. The first-order valence-corrected chi connectivity index (χ1v) is 13.0. The molecule has 0 amide bonds. The fourth-order valence-corrected chi connectivity index (χ4v) is 4.96. The Labute approximate surface area is 231 Å². The molecule has 0 spiro atoms. The lowest BCUT2D eigenvalue weighted by atomic mass is 9.98.